The number of hydrogen-bond acceptors (Lipinski definition) is 4. The summed E-state index contributed by atoms with van der Waals surface area (Å²) in [5.41, 5.74) is 0. The van der Waals surface area contributed by atoms with Crippen molar-refractivity contribution in [2.75, 3.05) is 13.2 Å². The van der Waals surface area contributed by atoms with Crippen LogP contribution in [-0.4, -0.2) is 25.2 Å². The summed E-state index contributed by atoms with van der Waals surface area (Å²) in [6.45, 7) is 10.2. The van der Waals surface area contributed by atoms with Crippen molar-refractivity contribution in [3.05, 3.63) is 0 Å². The Hall–Kier alpha value is -1.06. The first-order valence-corrected chi connectivity index (χ1v) is 20.9. The molecule has 4 heteroatoms. The number of hydrogen-bond donors (Lipinski definition) is 0. The topological polar surface area (TPSA) is 52.6 Å². The van der Waals surface area contributed by atoms with Crippen molar-refractivity contribution in [2.24, 2.45) is 11.8 Å². The zero-order valence-corrected chi connectivity index (χ0v) is 31.8. The standard InChI is InChI=1S/C42H82O4/c1-5-9-13-17-19-23-27-33-39(31-25-21-15-11-7-3)37-45-41(43)35-29-30-36-42(44)46-38-40(32-26-22-16-12-8-4)34-28-24-20-18-14-10-6-2/h39-40H,5-38H2,1-4H3. The van der Waals surface area contributed by atoms with E-state index in [0.717, 1.165) is 0 Å². The van der Waals surface area contributed by atoms with E-state index >= 15 is 0 Å². The van der Waals surface area contributed by atoms with Gasteiger partial charge in [0.05, 0.1) is 13.2 Å². The molecule has 0 aliphatic heterocycles. The van der Waals surface area contributed by atoms with E-state index in [1.807, 2.05) is 0 Å². The molecule has 0 saturated carbocycles. The second-order valence-corrected chi connectivity index (χ2v) is 14.5. The van der Waals surface area contributed by atoms with E-state index in [9.17, 15) is 9.59 Å². The summed E-state index contributed by atoms with van der Waals surface area (Å²) in [5.74, 6) is 0.803. The van der Waals surface area contributed by atoms with Crippen molar-refractivity contribution in [1.82, 2.24) is 0 Å². The fourth-order valence-electron chi connectivity index (χ4n) is 6.58. The molecule has 0 bridgehead atoms. The number of ether oxygens (including phenoxy) is 2. The first-order valence-electron chi connectivity index (χ1n) is 20.9. The molecule has 0 N–H and O–H groups in total. The van der Waals surface area contributed by atoms with Gasteiger partial charge in [0.1, 0.15) is 0 Å². The van der Waals surface area contributed by atoms with Crippen molar-refractivity contribution >= 4 is 11.9 Å². The Morgan fingerprint density at radius 1 is 0.348 bits per heavy atom. The highest BCUT2D eigenvalue weighted by Gasteiger charge is 2.14. The number of carbonyl (C=O) groups excluding carboxylic acids is 2. The molecule has 0 aromatic heterocycles. The third kappa shape index (κ3) is 32.9. The molecule has 0 aromatic carbocycles. The van der Waals surface area contributed by atoms with E-state index < -0.39 is 0 Å². The van der Waals surface area contributed by atoms with Gasteiger partial charge in [0.15, 0.2) is 0 Å². The van der Waals surface area contributed by atoms with E-state index in [4.69, 9.17) is 9.47 Å². The first kappa shape index (κ1) is 44.9. The predicted octanol–water partition coefficient (Wildman–Crippen LogP) is 13.9. The fraction of sp³-hybridized carbons (Fsp3) is 0.952. The minimum Gasteiger partial charge on any atom is -0.465 e. The molecular weight excluding hydrogens is 568 g/mol. The molecule has 2 unspecified atom stereocenters. The third-order valence-electron chi connectivity index (χ3n) is 9.84. The predicted molar refractivity (Wildman–Crippen MR) is 199 cm³/mol. The van der Waals surface area contributed by atoms with Gasteiger partial charge in [-0.2, -0.15) is 0 Å². The van der Waals surface area contributed by atoms with Gasteiger partial charge < -0.3 is 9.47 Å². The van der Waals surface area contributed by atoms with Gasteiger partial charge >= 0.3 is 11.9 Å². The van der Waals surface area contributed by atoms with Gasteiger partial charge in [0, 0.05) is 12.8 Å². The van der Waals surface area contributed by atoms with E-state index in [2.05, 4.69) is 27.7 Å². The van der Waals surface area contributed by atoms with Crippen LogP contribution in [0.5, 0.6) is 0 Å². The molecular formula is C42H82O4. The summed E-state index contributed by atoms with van der Waals surface area (Å²) < 4.78 is 11.5. The van der Waals surface area contributed by atoms with Gasteiger partial charge in [-0.15, -0.1) is 0 Å². The summed E-state index contributed by atoms with van der Waals surface area (Å²) in [6, 6.07) is 0. The Balaban J connectivity index is 4.30. The van der Waals surface area contributed by atoms with Crippen molar-refractivity contribution in [1.29, 1.82) is 0 Å². The largest absolute Gasteiger partial charge is 0.465 e. The van der Waals surface area contributed by atoms with Crippen LogP contribution >= 0.6 is 0 Å². The molecule has 0 aliphatic rings. The molecule has 274 valence electrons. The second kappa shape index (κ2) is 36.8. The van der Waals surface area contributed by atoms with Gasteiger partial charge in [-0.05, 0) is 50.4 Å². The van der Waals surface area contributed by atoms with Gasteiger partial charge in [-0.25, -0.2) is 0 Å². The van der Waals surface area contributed by atoms with Crippen LogP contribution in [0.4, 0.5) is 0 Å². The molecule has 2 atom stereocenters. The van der Waals surface area contributed by atoms with E-state index in [0.29, 0.717) is 50.7 Å². The smallest absolute Gasteiger partial charge is 0.305 e. The maximum Gasteiger partial charge on any atom is 0.305 e. The van der Waals surface area contributed by atoms with Gasteiger partial charge in [0.2, 0.25) is 0 Å². The normalized spacial score (nSPS) is 12.7. The highest BCUT2D eigenvalue weighted by Crippen LogP contribution is 2.22. The lowest BCUT2D eigenvalue weighted by molar-refractivity contribution is -0.147. The lowest BCUT2D eigenvalue weighted by Gasteiger charge is -2.18. The molecule has 0 aromatic rings. The number of rotatable bonds is 37. The van der Waals surface area contributed by atoms with Crippen molar-refractivity contribution in [3.63, 3.8) is 0 Å². The minimum atomic E-state index is -0.0956. The molecule has 0 radical (unpaired) electrons. The Kier molecular flexibility index (Phi) is 35.9. The second-order valence-electron chi connectivity index (χ2n) is 14.5. The zero-order valence-electron chi connectivity index (χ0n) is 31.8. The number of esters is 2. The highest BCUT2D eigenvalue weighted by molar-refractivity contribution is 5.70. The minimum absolute atomic E-state index is 0.0956. The number of unbranched alkanes of at least 4 members (excludes halogenated alkanes) is 21. The molecule has 0 saturated heterocycles. The molecule has 0 fully saturated rings. The Bertz CT molecular complexity index is 579. The van der Waals surface area contributed by atoms with Crippen LogP contribution < -0.4 is 0 Å². The van der Waals surface area contributed by atoms with Crippen LogP contribution in [0.3, 0.4) is 0 Å². The van der Waals surface area contributed by atoms with Crippen LogP contribution in [0.1, 0.15) is 233 Å². The van der Waals surface area contributed by atoms with Crippen molar-refractivity contribution < 1.29 is 19.1 Å². The fourth-order valence-corrected chi connectivity index (χ4v) is 6.58. The summed E-state index contributed by atoms with van der Waals surface area (Å²) >= 11 is 0. The molecule has 0 heterocycles. The highest BCUT2D eigenvalue weighted by atomic mass is 16.5. The Morgan fingerprint density at radius 3 is 0.848 bits per heavy atom. The van der Waals surface area contributed by atoms with Crippen LogP contribution in [0, 0.1) is 11.8 Å². The maximum atomic E-state index is 12.5. The lowest BCUT2D eigenvalue weighted by Crippen LogP contribution is -2.15. The average molecular weight is 651 g/mol. The van der Waals surface area contributed by atoms with Crippen molar-refractivity contribution in [2.45, 2.75) is 233 Å². The molecule has 46 heavy (non-hydrogen) atoms. The van der Waals surface area contributed by atoms with E-state index in [1.165, 1.54) is 180 Å². The first-order chi connectivity index (χ1) is 22.6. The van der Waals surface area contributed by atoms with Gasteiger partial charge in [0.25, 0.3) is 0 Å². The van der Waals surface area contributed by atoms with Crippen LogP contribution in [0.15, 0.2) is 0 Å². The van der Waals surface area contributed by atoms with Crippen molar-refractivity contribution in [3.8, 4) is 0 Å². The molecule has 0 amide bonds. The summed E-state index contributed by atoms with van der Waals surface area (Å²) in [5, 5.41) is 0. The average Bonchev–Trinajstić information content (AvgIpc) is 3.06. The summed E-state index contributed by atoms with van der Waals surface area (Å²) in [7, 11) is 0. The molecule has 0 aliphatic carbocycles. The zero-order chi connectivity index (χ0) is 33.8. The van der Waals surface area contributed by atoms with E-state index in [1.54, 1.807) is 0 Å². The Morgan fingerprint density at radius 2 is 0.587 bits per heavy atom. The Labute approximate surface area is 288 Å². The van der Waals surface area contributed by atoms with Gasteiger partial charge in [-0.3, -0.25) is 9.59 Å². The number of carbonyl (C=O) groups is 2. The van der Waals surface area contributed by atoms with E-state index in [-0.39, 0.29) is 11.9 Å². The van der Waals surface area contributed by atoms with Crippen LogP contribution in [0.25, 0.3) is 0 Å². The SMILES string of the molecule is CCCCCCCCCC(CCCCCCC)COC(=O)CCCCC(=O)OCC(CCCCCCC)CCCCCCCCC. The molecule has 0 rings (SSSR count). The maximum absolute atomic E-state index is 12.5. The summed E-state index contributed by atoms with van der Waals surface area (Å²) in [6.07, 6.45) is 38.4. The molecule has 4 nitrogen and oxygen atoms in total. The lowest BCUT2D eigenvalue weighted by atomic mass is 9.94. The monoisotopic (exact) mass is 651 g/mol. The molecule has 0 spiro atoms. The van der Waals surface area contributed by atoms with Crippen LogP contribution in [-0.2, 0) is 19.1 Å². The third-order valence-corrected chi connectivity index (χ3v) is 9.84. The van der Waals surface area contributed by atoms with Crippen LogP contribution in [0.2, 0.25) is 0 Å². The quantitative estimate of drug-likeness (QED) is 0.0496. The van der Waals surface area contributed by atoms with Gasteiger partial charge in [-0.1, -0.05) is 182 Å². The summed E-state index contributed by atoms with van der Waals surface area (Å²) in [4.78, 5) is 25.1.